The quantitative estimate of drug-likeness (QED) is 0.333. The first-order valence-corrected chi connectivity index (χ1v) is 11.3. The Balaban J connectivity index is 1.81. The van der Waals surface area contributed by atoms with Crippen molar-refractivity contribution < 1.29 is 14.6 Å². The maximum atomic E-state index is 12.0. The molecule has 1 unspecified atom stereocenters. The van der Waals surface area contributed by atoms with E-state index in [2.05, 4.69) is 22.2 Å². The van der Waals surface area contributed by atoms with Crippen LogP contribution in [0, 0.1) is 12.8 Å². The molecule has 1 aromatic carbocycles. The van der Waals surface area contributed by atoms with Gasteiger partial charge in [-0.1, -0.05) is 38.8 Å². The van der Waals surface area contributed by atoms with Crippen LogP contribution in [-0.2, 0) is 0 Å². The molecular formula is C25H30ClN4O3. The van der Waals surface area contributed by atoms with Gasteiger partial charge in [0.25, 0.3) is 0 Å². The van der Waals surface area contributed by atoms with Crippen LogP contribution in [0.3, 0.4) is 0 Å². The van der Waals surface area contributed by atoms with E-state index in [1.54, 1.807) is 18.5 Å². The van der Waals surface area contributed by atoms with E-state index in [4.69, 9.17) is 16.3 Å². The van der Waals surface area contributed by atoms with Crippen molar-refractivity contribution in [2.75, 3.05) is 18.5 Å². The summed E-state index contributed by atoms with van der Waals surface area (Å²) in [6, 6.07) is 11.2. The molecule has 33 heavy (non-hydrogen) atoms. The summed E-state index contributed by atoms with van der Waals surface area (Å²) < 4.78 is 6.14. The molecule has 1 radical (unpaired) electrons. The van der Waals surface area contributed by atoms with E-state index in [1.165, 1.54) is 4.90 Å². The van der Waals surface area contributed by atoms with Gasteiger partial charge >= 0.3 is 6.09 Å². The van der Waals surface area contributed by atoms with Gasteiger partial charge in [-0.05, 0) is 61.0 Å². The van der Waals surface area contributed by atoms with Crippen molar-refractivity contribution in [1.82, 2.24) is 14.9 Å². The van der Waals surface area contributed by atoms with E-state index in [0.29, 0.717) is 36.1 Å². The molecule has 1 amide bonds. The summed E-state index contributed by atoms with van der Waals surface area (Å²) in [5, 5.41) is 15.4. The maximum Gasteiger partial charge on any atom is 0.407 e. The average molecular weight is 470 g/mol. The monoisotopic (exact) mass is 469 g/mol. The smallest absolute Gasteiger partial charge is 0.407 e. The van der Waals surface area contributed by atoms with E-state index >= 15 is 0 Å². The molecule has 8 heteroatoms. The highest BCUT2D eigenvalue weighted by Crippen LogP contribution is 2.30. The van der Waals surface area contributed by atoms with Crippen molar-refractivity contribution in [2.24, 2.45) is 5.92 Å². The summed E-state index contributed by atoms with van der Waals surface area (Å²) in [5.74, 6) is 1.43. The Hall–Kier alpha value is -3.06. The molecule has 1 atom stereocenters. The van der Waals surface area contributed by atoms with Gasteiger partial charge in [0.05, 0.1) is 17.4 Å². The van der Waals surface area contributed by atoms with E-state index in [0.717, 1.165) is 16.5 Å². The van der Waals surface area contributed by atoms with Crippen LogP contribution in [0.1, 0.15) is 33.6 Å². The third-order valence-electron chi connectivity index (χ3n) is 5.98. The minimum Gasteiger partial charge on any atom is -0.491 e. The lowest BCUT2D eigenvalue weighted by Gasteiger charge is -2.42. The number of amides is 1. The highest BCUT2D eigenvalue weighted by Gasteiger charge is 2.39. The van der Waals surface area contributed by atoms with Crippen LogP contribution < -0.4 is 10.1 Å². The molecule has 0 bridgehead atoms. The number of unbranched alkanes of at least 4 members (excludes halogenated alkanes) is 1. The van der Waals surface area contributed by atoms with Gasteiger partial charge in [-0.15, -0.1) is 0 Å². The Morgan fingerprint density at radius 1 is 1.27 bits per heavy atom. The minimum atomic E-state index is -0.944. The highest BCUT2D eigenvalue weighted by atomic mass is 35.5. The molecule has 2 aromatic heterocycles. The Bertz CT molecular complexity index is 1090. The van der Waals surface area contributed by atoms with Gasteiger partial charge in [-0.2, -0.15) is 0 Å². The number of carboxylic acid groups (broad SMARTS) is 1. The molecule has 0 saturated carbocycles. The maximum absolute atomic E-state index is 12.0. The molecule has 0 aliphatic rings. The summed E-state index contributed by atoms with van der Waals surface area (Å²) in [4.78, 5) is 22.0. The fourth-order valence-electron chi connectivity index (χ4n) is 3.56. The summed E-state index contributed by atoms with van der Waals surface area (Å²) in [6.45, 7) is 10.5. The van der Waals surface area contributed by atoms with Crippen LogP contribution in [0.4, 0.5) is 16.3 Å². The number of anilines is 2. The number of aromatic nitrogens is 2. The molecular weight excluding hydrogens is 440 g/mol. The number of hydrogen-bond donors (Lipinski definition) is 2. The molecule has 7 nitrogen and oxygen atoms in total. The first-order valence-electron chi connectivity index (χ1n) is 10.9. The van der Waals surface area contributed by atoms with Crippen LogP contribution in [-0.4, -0.2) is 44.8 Å². The fraction of sp³-hybridized carbons (Fsp3) is 0.360. The number of carbonyl (C=O) groups is 1. The predicted molar refractivity (Wildman–Crippen MR) is 132 cm³/mol. The summed E-state index contributed by atoms with van der Waals surface area (Å²) in [7, 11) is 0. The predicted octanol–water partition coefficient (Wildman–Crippen LogP) is 6.41. The van der Waals surface area contributed by atoms with Gasteiger partial charge in [0, 0.05) is 18.1 Å². The van der Waals surface area contributed by atoms with E-state index < -0.39 is 11.6 Å². The third kappa shape index (κ3) is 5.85. The molecule has 0 spiro atoms. The summed E-state index contributed by atoms with van der Waals surface area (Å²) in [5.41, 5.74) is 0.103. The second-order valence-electron chi connectivity index (χ2n) is 8.48. The van der Waals surface area contributed by atoms with Crippen LogP contribution in [0.15, 0.2) is 48.8 Å². The van der Waals surface area contributed by atoms with Crippen LogP contribution in [0.5, 0.6) is 5.75 Å². The van der Waals surface area contributed by atoms with E-state index in [9.17, 15) is 9.90 Å². The normalized spacial score (nSPS) is 13.0. The van der Waals surface area contributed by atoms with Crippen molar-refractivity contribution in [3.8, 4) is 5.75 Å². The van der Waals surface area contributed by atoms with Gasteiger partial charge in [0.15, 0.2) is 0 Å². The fourth-order valence-corrected chi connectivity index (χ4v) is 3.67. The summed E-state index contributed by atoms with van der Waals surface area (Å²) in [6.07, 6.45) is 3.81. The van der Waals surface area contributed by atoms with Crippen molar-refractivity contribution in [3.05, 3.63) is 60.9 Å². The Morgan fingerprint density at radius 2 is 2.06 bits per heavy atom. The van der Waals surface area contributed by atoms with Crippen molar-refractivity contribution in [2.45, 2.75) is 39.2 Å². The number of rotatable bonds is 10. The molecule has 3 rings (SSSR count). The van der Waals surface area contributed by atoms with Gasteiger partial charge < -0.3 is 15.2 Å². The molecule has 2 N–H and O–H groups in total. The first-order chi connectivity index (χ1) is 15.7. The molecule has 175 valence electrons. The van der Waals surface area contributed by atoms with Crippen LogP contribution in [0.2, 0.25) is 5.15 Å². The second kappa shape index (κ2) is 10.7. The number of ether oxygens (including phenoxy) is 1. The molecule has 3 aromatic rings. The topological polar surface area (TPSA) is 87.6 Å². The van der Waals surface area contributed by atoms with Gasteiger partial charge in [0.2, 0.25) is 0 Å². The van der Waals surface area contributed by atoms with Crippen molar-refractivity contribution >= 4 is 40.0 Å². The highest BCUT2D eigenvalue weighted by molar-refractivity contribution is 6.29. The number of halogens is 1. The lowest BCUT2D eigenvalue weighted by molar-refractivity contribution is 0.0223. The zero-order valence-electron chi connectivity index (χ0n) is 19.2. The van der Waals surface area contributed by atoms with Gasteiger partial charge in [-0.3, -0.25) is 4.90 Å². The molecule has 0 aliphatic heterocycles. The number of pyridine rings is 2. The SMILES string of the molecule is [CH2]CCCN(C(=O)O)C(C)(COc1ccc2c(Nc3ccc(Cl)nc3)nccc2c1)C(C)C. The largest absolute Gasteiger partial charge is 0.491 e. The standard InChI is InChI=1S/C25H30ClN4O3/c1-5-6-13-30(24(31)32)25(4,17(2)3)16-33-20-8-9-21-18(14-20)11-12-27-23(21)29-19-7-10-22(26)28-15-19/h7-12,14-15,17H,1,5-6,13,16H2,2-4H3,(H,27,29)(H,31,32). The molecule has 0 fully saturated rings. The minimum absolute atomic E-state index is 0.0619. The van der Waals surface area contributed by atoms with Crippen LogP contribution in [0.25, 0.3) is 10.8 Å². The number of hydrogen-bond acceptors (Lipinski definition) is 5. The van der Waals surface area contributed by atoms with E-state index in [1.807, 2.05) is 51.1 Å². The van der Waals surface area contributed by atoms with Crippen LogP contribution >= 0.6 is 11.6 Å². The molecule has 0 saturated heterocycles. The lowest BCUT2D eigenvalue weighted by Crippen LogP contribution is -2.56. The lowest BCUT2D eigenvalue weighted by atomic mass is 9.87. The Morgan fingerprint density at radius 3 is 2.70 bits per heavy atom. The zero-order valence-corrected chi connectivity index (χ0v) is 20.0. The van der Waals surface area contributed by atoms with Gasteiger partial charge in [-0.25, -0.2) is 14.8 Å². The van der Waals surface area contributed by atoms with E-state index in [-0.39, 0.29) is 12.5 Å². The number of fused-ring (bicyclic) bond motifs is 1. The number of nitrogens with zero attached hydrogens (tertiary/aromatic N) is 3. The second-order valence-corrected chi connectivity index (χ2v) is 8.87. The average Bonchev–Trinajstić information content (AvgIpc) is 2.79. The Labute approximate surface area is 199 Å². The first kappa shape index (κ1) is 24.6. The summed E-state index contributed by atoms with van der Waals surface area (Å²) >= 11 is 5.86. The third-order valence-corrected chi connectivity index (χ3v) is 6.20. The zero-order chi connectivity index (χ0) is 24.0. The molecule has 2 heterocycles. The van der Waals surface area contributed by atoms with Gasteiger partial charge in [0.1, 0.15) is 23.3 Å². The number of benzene rings is 1. The van der Waals surface area contributed by atoms with Crippen molar-refractivity contribution in [1.29, 1.82) is 0 Å². The van der Waals surface area contributed by atoms with Crippen molar-refractivity contribution in [3.63, 3.8) is 0 Å². The molecule has 0 aliphatic carbocycles. The number of nitrogens with one attached hydrogen (secondary N) is 1. The Kier molecular flexibility index (Phi) is 7.97.